The smallest absolute Gasteiger partial charge is 0.378 e. The molecule has 2 saturated heterocycles. The highest BCUT2D eigenvalue weighted by molar-refractivity contribution is 5.94. The largest absolute Gasteiger partial charge is 0.505 e. The zero-order chi connectivity index (χ0) is 102. The molecule has 7 N–H and O–H groups in total. The van der Waals surface area contributed by atoms with Gasteiger partial charge in [0.2, 0.25) is 11.5 Å². The second kappa shape index (κ2) is 87.3. The molecular formula is C114H186O25. The third-order valence-electron chi connectivity index (χ3n) is 23.4. The number of cyclic esters (lactones) is 3. The Bertz CT molecular complexity index is 3620. The van der Waals surface area contributed by atoms with E-state index in [0.717, 1.165) is 167 Å². The van der Waals surface area contributed by atoms with Crippen molar-refractivity contribution in [2.45, 2.75) is 496 Å². The van der Waals surface area contributed by atoms with Gasteiger partial charge in [0.15, 0.2) is 41.4 Å². The van der Waals surface area contributed by atoms with E-state index in [1.807, 2.05) is 0 Å². The number of esters is 6. The molecule has 25 heteroatoms. The van der Waals surface area contributed by atoms with E-state index in [0.29, 0.717) is 32.1 Å². The van der Waals surface area contributed by atoms with Crippen LogP contribution >= 0.6 is 0 Å². The summed E-state index contributed by atoms with van der Waals surface area (Å²) in [4.78, 5) is 93.9. The molecule has 6 unspecified atom stereocenters. The number of hydrogen-bond acceptors (Lipinski definition) is 23. The molecule has 0 spiro atoms. The average Bonchev–Trinajstić information content (AvgIpc) is 1.63. The fraction of sp³-hybridized carbons (Fsp3) is 0.702. The lowest BCUT2D eigenvalue weighted by Gasteiger charge is -2.21. The van der Waals surface area contributed by atoms with E-state index < -0.39 is 126 Å². The third kappa shape index (κ3) is 70.8. The standard InChI is InChI=1S/C45H72O8.C27H42O7.2C18H32O2.C6H8O6/c1-5-7-9-11-13-15-17-19-21-23-25-27-29-31-33-35-39(46)50-42-41(38-37-49-45(3,4)53-38)52-44(48)43(42)51-40(47)36-34-32-30-28-26-24-22-20-18-16-14-12-10-8-6-2;1-4-5-6-7-8-9-10-11-12-13-14-15-16-17-18-19-22(28)32-25-23(29)24(33-26(25)30)21-20-31-27(2,3)34-21;2*1-2-3-4-5-6-7-8-9-10-11-12-13-14-15-16-17-18(19)20;7-1-2(8)5-3(9)4(10)6(11)12-5/h13-16,19-22,38,41H,5-12,17-18,23-37H2,1-4H3;8-9,11-12,21,24,29H,4-7,10,13-20H2,1-3H3;2*6-7,9-10H,2-5,8,11-17H2,1H3,(H,19,20);2,5,7-10H,1H2/b15-13-,16-14-,21-19-,22-20-;9-8-,12-11-;2*7-6-,10-9-;. The van der Waals surface area contributed by atoms with E-state index in [9.17, 15) is 43.5 Å². The van der Waals surface area contributed by atoms with E-state index in [2.05, 4.69) is 161 Å². The highest BCUT2D eigenvalue weighted by Gasteiger charge is 2.50. The first-order chi connectivity index (χ1) is 67.2. The van der Waals surface area contributed by atoms with Crippen LogP contribution in [0.5, 0.6) is 0 Å². The maximum atomic E-state index is 12.9. The molecule has 0 aromatic rings. The number of ether oxygens (including phenoxy) is 10. The van der Waals surface area contributed by atoms with Crippen molar-refractivity contribution in [2.75, 3.05) is 19.8 Å². The Morgan fingerprint density at radius 1 is 0.324 bits per heavy atom. The Kier molecular flexibility index (Phi) is 80.8. The van der Waals surface area contributed by atoms with Crippen LogP contribution in [0.4, 0.5) is 0 Å². The second-order valence-electron chi connectivity index (χ2n) is 37.2. The Balaban J connectivity index is 0.000000956. The lowest BCUT2D eigenvalue weighted by molar-refractivity contribution is -0.165. The summed E-state index contributed by atoms with van der Waals surface area (Å²) in [6, 6.07) is 0. The van der Waals surface area contributed by atoms with Crippen LogP contribution in [0.1, 0.15) is 448 Å². The van der Waals surface area contributed by atoms with Crippen LogP contribution in [0.3, 0.4) is 0 Å². The van der Waals surface area contributed by atoms with Gasteiger partial charge in [0, 0.05) is 32.1 Å². The molecule has 5 aliphatic heterocycles. The minimum absolute atomic E-state index is 0.0951. The summed E-state index contributed by atoms with van der Waals surface area (Å²) in [6.45, 7) is 17.8. The first kappa shape index (κ1) is 129. The van der Waals surface area contributed by atoms with Crippen molar-refractivity contribution in [3.05, 3.63) is 156 Å². The van der Waals surface area contributed by atoms with Gasteiger partial charge in [0.05, 0.1) is 19.8 Å². The van der Waals surface area contributed by atoms with Gasteiger partial charge in [-0.2, -0.15) is 0 Å². The number of carbonyl (C=O) groups is 8. The topological polar surface area (TPSA) is 370 Å². The third-order valence-corrected chi connectivity index (χ3v) is 23.4. The predicted molar refractivity (Wildman–Crippen MR) is 552 cm³/mol. The van der Waals surface area contributed by atoms with E-state index in [4.69, 9.17) is 73.3 Å². The van der Waals surface area contributed by atoms with Gasteiger partial charge in [-0.1, -0.05) is 317 Å². The van der Waals surface area contributed by atoms with E-state index in [1.165, 1.54) is 167 Å². The molecule has 6 atom stereocenters. The molecule has 792 valence electrons. The Morgan fingerprint density at radius 3 is 0.842 bits per heavy atom. The van der Waals surface area contributed by atoms with E-state index >= 15 is 0 Å². The van der Waals surface area contributed by atoms with Crippen LogP contribution in [0.25, 0.3) is 0 Å². The first-order valence-electron chi connectivity index (χ1n) is 53.6. The molecule has 0 radical (unpaired) electrons. The first-order valence-corrected chi connectivity index (χ1v) is 53.6. The Labute approximate surface area is 836 Å². The lowest BCUT2D eigenvalue weighted by Crippen LogP contribution is -2.34. The van der Waals surface area contributed by atoms with Crippen LogP contribution in [0.15, 0.2) is 156 Å². The molecule has 5 aliphatic rings. The minimum atomic E-state index is -1.42. The normalized spacial score (nSPS) is 18.2. The number of unbranched alkanes of at least 4 members (excludes halogenated alkanes) is 40. The number of aliphatic hydroxyl groups is 5. The van der Waals surface area contributed by atoms with Crippen molar-refractivity contribution in [2.24, 2.45) is 0 Å². The van der Waals surface area contributed by atoms with Crippen LogP contribution in [-0.4, -0.2) is 152 Å². The quantitative estimate of drug-likeness (QED) is 0.0129. The van der Waals surface area contributed by atoms with Crippen LogP contribution < -0.4 is 0 Å². The van der Waals surface area contributed by atoms with Gasteiger partial charge in [0.1, 0.15) is 18.3 Å². The minimum Gasteiger partial charge on any atom is -0.505 e. The van der Waals surface area contributed by atoms with Crippen LogP contribution in [0.2, 0.25) is 0 Å². The summed E-state index contributed by atoms with van der Waals surface area (Å²) in [5.41, 5.74) is 0. The molecule has 0 saturated carbocycles. The number of carboxylic acids is 2. The zero-order valence-corrected chi connectivity index (χ0v) is 87.0. The van der Waals surface area contributed by atoms with Gasteiger partial charge in [0.25, 0.3) is 11.5 Å². The van der Waals surface area contributed by atoms with Gasteiger partial charge >= 0.3 is 47.8 Å². The fourth-order valence-electron chi connectivity index (χ4n) is 15.2. The van der Waals surface area contributed by atoms with Crippen molar-refractivity contribution in [3.63, 3.8) is 0 Å². The van der Waals surface area contributed by atoms with Gasteiger partial charge < -0.3 is 83.1 Å². The predicted octanol–water partition coefficient (Wildman–Crippen LogP) is 28.5. The SMILES string of the molecule is CCCCC/C=C\C/C=C\CCCCCCCC(=O)O.CCCCC/C=C\C/C=C\CCCCCCCC(=O)O.CCCCC/C=C\C/C=C\CCCCCCCC(=O)OC1=C(O)C(C2COC(C)(C)O2)OC1=O.CCCCC/C=C\C/C=C\CCCCCCCC(=O)OC1=C(OC(=O)CCCCCCC/C=C\C/C=C\CCCCC)C(C2COC(C)(C)O2)OC1=O.O=C1OC(C(O)CO)C(O)=C1O. The Hall–Kier alpha value is -8.46. The number of aliphatic carboxylic acids is 2. The monoisotopic (exact) mass is 1960 g/mol. The number of hydrogen-bond donors (Lipinski definition) is 7. The molecule has 5 heterocycles. The van der Waals surface area contributed by atoms with Gasteiger partial charge in [-0.3, -0.25) is 24.0 Å². The summed E-state index contributed by atoms with van der Waals surface area (Å²) in [7, 11) is 0. The molecular weight excluding hydrogens is 1770 g/mol. The fourth-order valence-corrected chi connectivity index (χ4v) is 15.2. The number of rotatable bonds is 77. The zero-order valence-electron chi connectivity index (χ0n) is 87.0. The molecule has 25 nitrogen and oxygen atoms in total. The highest BCUT2D eigenvalue weighted by atomic mass is 16.8. The molecule has 2 fully saturated rings. The van der Waals surface area contributed by atoms with Crippen LogP contribution in [0, 0.1) is 0 Å². The van der Waals surface area contributed by atoms with Crippen molar-refractivity contribution in [1.29, 1.82) is 0 Å². The number of carboxylic acid groups (broad SMARTS) is 2. The van der Waals surface area contributed by atoms with Crippen LogP contribution in [-0.2, 0) is 85.7 Å². The van der Waals surface area contributed by atoms with Crippen molar-refractivity contribution in [1.82, 2.24) is 0 Å². The summed E-state index contributed by atoms with van der Waals surface area (Å²) < 4.78 is 53.9. The second-order valence-corrected chi connectivity index (χ2v) is 37.2. The molecule has 5 rings (SSSR count). The maximum absolute atomic E-state index is 12.9. The van der Waals surface area contributed by atoms with Crippen molar-refractivity contribution in [3.8, 4) is 0 Å². The number of allylic oxidation sites excluding steroid dienone is 20. The van der Waals surface area contributed by atoms with Crippen molar-refractivity contribution >= 4 is 47.8 Å². The summed E-state index contributed by atoms with van der Waals surface area (Å²) in [5.74, 6) is -10.4. The van der Waals surface area contributed by atoms with E-state index in [-0.39, 0.29) is 44.0 Å². The maximum Gasteiger partial charge on any atom is 0.378 e. The summed E-state index contributed by atoms with van der Waals surface area (Å²) in [5, 5.41) is 62.4. The lowest BCUT2D eigenvalue weighted by atomic mass is 10.1. The highest BCUT2D eigenvalue weighted by Crippen LogP contribution is 2.37. The number of carbonyl (C=O) groups excluding carboxylic acids is 6. The molecule has 0 aliphatic carbocycles. The summed E-state index contributed by atoms with van der Waals surface area (Å²) >= 11 is 0. The van der Waals surface area contributed by atoms with Crippen molar-refractivity contribution < 1.29 is 121 Å². The average molecular weight is 1960 g/mol. The molecule has 139 heavy (non-hydrogen) atoms. The molecule has 0 aromatic heterocycles. The van der Waals surface area contributed by atoms with E-state index in [1.54, 1.807) is 27.7 Å². The number of aliphatic hydroxyl groups excluding tert-OH is 5. The van der Waals surface area contributed by atoms with Gasteiger partial charge in [-0.25, -0.2) is 14.4 Å². The van der Waals surface area contributed by atoms with Gasteiger partial charge in [-0.05, 0) is 220 Å². The van der Waals surface area contributed by atoms with Gasteiger partial charge in [-0.15, -0.1) is 0 Å². The Morgan fingerprint density at radius 2 is 0.576 bits per heavy atom. The molecule has 0 aromatic carbocycles. The molecule has 0 amide bonds. The summed E-state index contributed by atoms with van der Waals surface area (Å²) in [6.07, 6.45) is 102. The molecule has 0 bridgehead atoms.